The maximum Gasteiger partial charge on any atom is 0.416 e. The number of rotatable bonds is 2. The van der Waals surface area contributed by atoms with Gasteiger partial charge in [0.15, 0.2) is 11.6 Å². The molecule has 1 aromatic carbocycles. The summed E-state index contributed by atoms with van der Waals surface area (Å²) < 4.78 is 37.9. The summed E-state index contributed by atoms with van der Waals surface area (Å²) in [5, 5.41) is 21.0. The average Bonchev–Trinajstić information content (AvgIpc) is 2.45. The van der Waals surface area contributed by atoms with E-state index in [-0.39, 0.29) is 18.9 Å². The Morgan fingerprint density at radius 3 is 2.22 bits per heavy atom. The third-order valence-electron chi connectivity index (χ3n) is 3.38. The Balaban J connectivity index is 2.65. The Labute approximate surface area is 127 Å². The molecule has 0 radical (unpaired) electrons. The highest BCUT2D eigenvalue weighted by atomic mass is 19.4. The van der Waals surface area contributed by atoms with Gasteiger partial charge in [0.05, 0.1) is 16.1 Å². The molecule has 0 saturated heterocycles. The number of aliphatic hydroxyl groups excluding tert-OH is 1. The number of nitro groups is 1. The number of benzene rings is 1. The molecule has 0 amide bonds. The molecule has 0 aromatic heterocycles. The number of halogens is 3. The topological polar surface area (TPSA) is 97.5 Å². The number of hydrogen-bond acceptors (Lipinski definition) is 5. The number of allylic oxidation sites excluding steroid dienone is 1. The highest BCUT2D eigenvalue weighted by Crippen LogP contribution is 2.36. The Hall–Kier alpha value is -2.71. The quantitative estimate of drug-likeness (QED) is 0.295. The molecular formula is C14H10F3NO5. The summed E-state index contributed by atoms with van der Waals surface area (Å²) in [4.78, 5) is 33.4. The van der Waals surface area contributed by atoms with Crippen molar-refractivity contribution in [2.75, 3.05) is 0 Å². The van der Waals surface area contributed by atoms with Crippen LogP contribution in [-0.4, -0.2) is 21.6 Å². The zero-order chi connectivity index (χ0) is 17.4. The molecule has 1 aromatic rings. The molecule has 0 aliphatic heterocycles. The van der Waals surface area contributed by atoms with E-state index in [1.165, 1.54) is 0 Å². The number of Topliss-reactive ketones (excluding diaryl/α,β-unsaturated/α-hetero) is 2. The van der Waals surface area contributed by atoms with Gasteiger partial charge < -0.3 is 5.11 Å². The molecular weight excluding hydrogens is 319 g/mol. The van der Waals surface area contributed by atoms with Gasteiger partial charge in [0.1, 0.15) is 11.3 Å². The first-order chi connectivity index (χ1) is 10.6. The second-order valence-corrected chi connectivity index (χ2v) is 4.91. The van der Waals surface area contributed by atoms with Gasteiger partial charge in [0.25, 0.3) is 5.69 Å². The number of ketones is 2. The Bertz CT molecular complexity index is 718. The molecule has 0 unspecified atom stereocenters. The largest absolute Gasteiger partial charge is 0.506 e. The number of carbonyl (C=O) groups is 2. The number of carbonyl (C=O) groups excluding carboxylic acids is 2. The SMILES string of the molecule is O=C1CCCC(=O)C1=C(O)c1ccc(C(F)(F)F)cc1[N+](=O)[O-]. The van der Waals surface area contributed by atoms with Crippen LogP contribution in [0.25, 0.3) is 5.76 Å². The first-order valence-electron chi connectivity index (χ1n) is 6.48. The van der Waals surface area contributed by atoms with Crippen LogP contribution >= 0.6 is 0 Å². The van der Waals surface area contributed by atoms with E-state index in [4.69, 9.17) is 0 Å². The minimum absolute atomic E-state index is 0.0143. The standard InChI is InChI=1S/C14H10F3NO5/c15-14(16,17)7-4-5-8(9(6-7)18(22)23)13(21)12-10(19)2-1-3-11(12)20/h4-6,21H,1-3H2. The van der Waals surface area contributed by atoms with Gasteiger partial charge in [0.2, 0.25) is 0 Å². The second kappa shape index (κ2) is 5.82. The lowest BCUT2D eigenvalue weighted by Gasteiger charge is -2.14. The van der Waals surface area contributed by atoms with Crippen molar-refractivity contribution in [1.29, 1.82) is 0 Å². The van der Waals surface area contributed by atoms with E-state index in [1.807, 2.05) is 0 Å². The number of aliphatic hydroxyl groups is 1. The fraction of sp³-hybridized carbons (Fsp3) is 0.286. The van der Waals surface area contributed by atoms with Crippen LogP contribution < -0.4 is 0 Å². The van der Waals surface area contributed by atoms with E-state index in [0.29, 0.717) is 18.6 Å². The van der Waals surface area contributed by atoms with Crippen LogP contribution in [0.5, 0.6) is 0 Å². The zero-order valence-corrected chi connectivity index (χ0v) is 11.5. The number of hydrogen-bond donors (Lipinski definition) is 1. The summed E-state index contributed by atoms with van der Waals surface area (Å²) in [5.41, 5.74) is -3.50. The lowest BCUT2D eigenvalue weighted by Crippen LogP contribution is -2.20. The molecule has 1 aliphatic rings. The van der Waals surface area contributed by atoms with E-state index in [2.05, 4.69) is 0 Å². The lowest BCUT2D eigenvalue weighted by molar-refractivity contribution is -0.385. The Morgan fingerprint density at radius 1 is 1.17 bits per heavy atom. The van der Waals surface area contributed by atoms with Crippen LogP contribution in [0.3, 0.4) is 0 Å². The lowest BCUT2D eigenvalue weighted by atomic mass is 9.89. The van der Waals surface area contributed by atoms with Crippen molar-refractivity contribution in [2.45, 2.75) is 25.4 Å². The van der Waals surface area contributed by atoms with E-state index < -0.39 is 50.8 Å². The first-order valence-corrected chi connectivity index (χ1v) is 6.48. The van der Waals surface area contributed by atoms with Crippen molar-refractivity contribution in [3.8, 4) is 0 Å². The Morgan fingerprint density at radius 2 is 1.74 bits per heavy atom. The van der Waals surface area contributed by atoms with Crippen molar-refractivity contribution in [3.05, 3.63) is 45.0 Å². The highest BCUT2D eigenvalue weighted by Gasteiger charge is 2.35. The maximum absolute atomic E-state index is 12.6. The van der Waals surface area contributed by atoms with Crippen molar-refractivity contribution < 1.29 is 32.8 Å². The van der Waals surface area contributed by atoms with Crippen LogP contribution in [0, 0.1) is 10.1 Å². The molecule has 1 saturated carbocycles. The van der Waals surface area contributed by atoms with Crippen LogP contribution in [0.15, 0.2) is 23.8 Å². The van der Waals surface area contributed by atoms with E-state index in [9.17, 15) is 38.0 Å². The molecule has 122 valence electrons. The fourth-order valence-corrected chi connectivity index (χ4v) is 2.27. The average molecular weight is 329 g/mol. The molecule has 1 fully saturated rings. The molecule has 0 bridgehead atoms. The summed E-state index contributed by atoms with van der Waals surface area (Å²) in [7, 11) is 0. The molecule has 2 rings (SSSR count). The van der Waals surface area contributed by atoms with Crippen LogP contribution in [0.4, 0.5) is 18.9 Å². The number of nitrogens with zero attached hydrogens (tertiary/aromatic N) is 1. The van der Waals surface area contributed by atoms with Crippen LogP contribution in [0.1, 0.15) is 30.4 Å². The molecule has 0 spiro atoms. The van der Waals surface area contributed by atoms with Crippen LogP contribution in [0.2, 0.25) is 0 Å². The monoisotopic (exact) mass is 329 g/mol. The Kier molecular flexibility index (Phi) is 4.22. The fourth-order valence-electron chi connectivity index (χ4n) is 2.27. The predicted octanol–water partition coefficient (Wildman–Crippen LogP) is 3.20. The van der Waals surface area contributed by atoms with Gasteiger partial charge in [-0.2, -0.15) is 13.2 Å². The van der Waals surface area contributed by atoms with Gasteiger partial charge in [-0.15, -0.1) is 0 Å². The third-order valence-corrected chi connectivity index (χ3v) is 3.38. The van der Waals surface area contributed by atoms with Gasteiger partial charge >= 0.3 is 6.18 Å². The second-order valence-electron chi connectivity index (χ2n) is 4.91. The first kappa shape index (κ1) is 16.7. The van der Waals surface area contributed by atoms with E-state index in [1.54, 1.807) is 0 Å². The summed E-state index contributed by atoms with van der Waals surface area (Å²) in [6.45, 7) is 0. The normalized spacial score (nSPS) is 15.7. The van der Waals surface area contributed by atoms with Gasteiger partial charge in [-0.1, -0.05) is 0 Å². The molecule has 23 heavy (non-hydrogen) atoms. The third kappa shape index (κ3) is 3.22. The van der Waals surface area contributed by atoms with Crippen molar-refractivity contribution >= 4 is 23.0 Å². The van der Waals surface area contributed by atoms with Gasteiger partial charge in [-0.05, 0) is 18.6 Å². The maximum atomic E-state index is 12.6. The minimum Gasteiger partial charge on any atom is -0.506 e. The highest BCUT2D eigenvalue weighted by molar-refractivity contribution is 6.25. The molecule has 1 N–H and O–H groups in total. The van der Waals surface area contributed by atoms with Gasteiger partial charge in [-0.3, -0.25) is 19.7 Å². The van der Waals surface area contributed by atoms with E-state index in [0.717, 1.165) is 0 Å². The molecule has 6 nitrogen and oxygen atoms in total. The summed E-state index contributed by atoms with van der Waals surface area (Å²) in [5.74, 6) is -2.33. The number of nitro benzene ring substituents is 1. The van der Waals surface area contributed by atoms with Gasteiger partial charge in [0, 0.05) is 18.9 Å². The van der Waals surface area contributed by atoms with Crippen molar-refractivity contribution in [2.24, 2.45) is 0 Å². The van der Waals surface area contributed by atoms with Crippen molar-refractivity contribution in [1.82, 2.24) is 0 Å². The summed E-state index contributed by atoms with van der Waals surface area (Å²) >= 11 is 0. The van der Waals surface area contributed by atoms with Gasteiger partial charge in [-0.25, -0.2) is 0 Å². The molecule has 0 heterocycles. The smallest absolute Gasteiger partial charge is 0.416 e. The molecule has 1 aliphatic carbocycles. The minimum atomic E-state index is -4.80. The van der Waals surface area contributed by atoms with Crippen LogP contribution in [-0.2, 0) is 15.8 Å². The summed E-state index contributed by atoms with van der Waals surface area (Å²) in [6.07, 6.45) is -4.54. The predicted molar refractivity (Wildman–Crippen MR) is 71.5 cm³/mol. The zero-order valence-electron chi connectivity index (χ0n) is 11.5. The molecule has 0 atom stereocenters. The van der Waals surface area contributed by atoms with Crippen molar-refractivity contribution in [3.63, 3.8) is 0 Å². The molecule has 9 heteroatoms. The van der Waals surface area contributed by atoms with E-state index >= 15 is 0 Å². The number of alkyl halides is 3. The summed E-state index contributed by atoms with van der Waals surface area (Å²) in [6, 6.07) is 1.47.